The number of esters is 2. The number of carbonyl (C=O) groups is 2. The maximum absolute atomic E-state index is 11.7. The van der Waals surface area contributed by atoms with Crippen molar-refractivity contribution in [1.82, 2.24) is 0 Å². The van der Waals surface area contributed by atoms with Crippen molar-refractivity contribution < 1.29 is 19.1 Å². The van der Waals surface area contributed by atoms with E-state index in [2.05, 4.69) is 62.6 Å². The Morgan fingerprint density at radius 2 is 1.76 bits per heavy atom. The first kappa shape index (κ1) is 18.2. The third-order valence-electron chi connectivity index (χ3n) is 2.53. The Morgan fingerprint density at radius 3 is 2.29 bits per heavy atom. The van der Waals surface area contributed by atoms with E-state index >= 15 is 0 Å². The molecule has 0 atom stereocenters. The monoisotopic (exact) mass is 483 g/mol. The Labute approximate surface area is 147 Å². The van der Waals surface area contributed by atoms with Crippen LogP contribution in [0, 0.1) is 6.92 Å². The van der Waals surface area contributed by atoms with E-state index in [0.29, 0.717) is 10.2 Å². The molecule has 0 heterocycles. The first-order chi connectivity index (χ1) is 9.81. The van der Waals surface area contributed by atoms with Crippen molar-refractivity contribution in [3.8, 4) is 0 Å². The zero-order valence-corrected chi connectivity index (χ0v) is 16.2. The average Bonchev–Trinajstić information content (AvgIpc) is 2.46. The van der Waals surface area contributed by atoms with Crippen LogP contribution in [0.25, 0.3) is 0 Å². The molecule has 0 fully saturated rings. The fraction of sp³-hybridized carbons (Fsp3) is 0.231. The summed E-state index contributed by atoms with van der Waals surface area (Å²) in [4.78, 5) is 23.1. The van der Waals surface area contributed by atoms with Crippen LogP contribution in [0.15, 0.2) is 31.3 Å². The normalized spacial score (nSPS) is 11.0. The zero-order valence-electron chi connectivity index (χ0n) is 11.4. The van der Waals surface area contributed by atoms with Crippen molar-refractivity contribution in [3.05, 3.63) is 36.8 Å². The third kappa shape index (κ3) is 4.55. The summed E-state index contributed by atoms with van der Waals surface area (Å²) in [5.74, 6) is -1.34. The number of carbonyl (C=O) groups excluding carboxylic acids is 2. The average molecular weight is 486 g/mol. The van der Waals surface area contributed by atoms with E-state index in [0.717, 1.165) is 20.6 Å². The Hall–Kier alpha value is -0.860. The van der Waals surface area contributed by atoms with Gasteiger partial charge in [0.15, 0.2) is 0 Å². The molecular weight excluding hydrogens is 474 g/mol. The van der Waals surface area contributed by atoms with Gasteiger partial charge in [-0.05, 0) is 50.4 Å². The van der Waals surface area contributed by atoms with E-state index in [4.69, 9.17) is 0 Å². The van der Waals surface area contributed by atoms with E-state index in [1.807, 2.05) is 13.0 Å². The van der Waals surface area contributed by atoms with Crippen LogP contribution in [0.4, 0.5) is 5.69 Å². The lowest BCUT2D eigenvalue weighted by molar-refractivity contribution is -0.138. The minimum atomic E-state index is -0.681. The van der Waals surface area contributed by atoms with Crippen LogP contribution in [0.1, 0.15) is 5.56 Å². The molecule has 0 amide bonds. The minimum Gasteiger partial charge on any atom is -0.466 e. The number of ether oxygens (including phenoxy) is 2. The van der Waals surface area contributed by atoms with Crippen molar-refractivity contribution in [3.63, 3.8) is 0 Å². The topological polar surface area (TPSA) is 64.6 Å². The van der Waals surface area contributed by atoms with Crippen molar-refractivity contribution in [2.75, 3.05) is 19.5 Å². The van der Waals surface area contributed by atoms with Gasteiger partial charge < -0.3 is 14.8 Å². The van der Waals surface area contributed by atoms with Crippen molar-refractivity contribution in [2.24, 2.45) is 0 Å². The highest BCUT2D eigenvalue weighted by Crippen LogP contribution is 2.38. The first-order valence-electron chi connectivity index (χ1n) is 5.60. The maximum atomic E-state index is 11.7. The number of anilines is 1. The summed E-state index contributed by atoms with van der Waals surface area (Å²) in [6.07, 6.45) is 1.03. The molecular formula is C13H12Br3NO4. The Morgan fingerprint density at radius 1 is 1.14 bits per heavy atom. The molecule has 0 aliphatic rings. The van der Waals surface area contributed by atoms with Crippen LogP contribution in [0.5, 0.6) is 0 Å². The molecule has 0 spiro atoms. The highest BCUT2D eigenvalue weighted by molar-refractivity contribution is 9.11. The van der Waals surface area contributed by atoms with Crippen LogP contribution in [-0.4, -0.2) is 26.2 Å². The van der Waals surface area contributed by atoms with Gasteiger partial charge in [-0.3, -0.25) is 0 Å². The lowest BCUT2D eigenvalue weighted by Crippen LogP contribution is -2.16. The molecule has 1 rings (SSSR count). The number of halogens is 3. The van der Waals surface area contributed by atoms with Gasteiger partial charge >= 0.3 is 11.9 Å². The summed E-state index contributed by atoms with van der Waals surface area (Å²) in [6, 6.07) is 1.83. The number of benzene rings is 1. The van der Waals surface area contributed by atoms with Crippen LogP contribution in [0.3, 0.4) is 0 Å². The summed E-state index contributed by atoms with van der Waals surface area (Å²) in [7, 11) is 2.45. The van der Waals surface area contributed by atoms with Crippen molar-refractivity contribution >= 4 is 65.4 Å². The van der Waals surface area contributed by atoms with Crippen LogP contribution < -0.4 is 5.32 Å². The fourth-order valence-electron chi connectivity index (χ4n) is 1.37. The van der Waals surface area contributed by atoms with Crippen LogP contribution in [0.2, 0.25) is 0 Å². The Bertz CT molecular complexity index is 614. The first-order valence-corrected chi connectivity index (χ1v) is 7.98. The molecule has 0 unspecified atom stereocenters. The molecule has 0 bridgehead atoms. The van der Waals surface area contributed by atoms with E-state index in [9.17, 15) is 9.59 Å². The second-order valence-corrected chi connectivity index (χ2v) is 6.35. The Balaban J connectivity index is 3.28. The van der Waals surface area contributed by atoms with Gasteiger partial charge in [0.05, 0.1) is 26.0 Å². The maximum Gasteiger partial charge on any atom is 0.354 e. The molecule has 114 valence electrons. The molecule has 0 aliphatic carbocycles. The second kappa shape index (κ2) is 7.95. The molecule has 21 heavy (non-hydrogen) atoms. The smallest absolute Gasteiger partial charge is 0.354 e. The van der Waals surface area contributed by atoms with Gasteiger partial charge in [-0.25, -0.2) is 9.59 Å². The molecule has 8 heteroatoms. The van der Waals surface area contributed by atoms with E-state index < -0.39 is 11.9 Å². The van der Waals surface area contributed by atoms with Gasteiger partial charge in [-0.15, -0.1) is 0 Å². The number of hydrogen-bond acceptors (Lipinski definition) is 5. The highest BCUT2D eigenvalue weighted by atomic mass is 79.9. The fourth-order valence-corrected chi connectivity index (χ4v) is 3.69. The SMILES string of the molecule is COC(=O)/C=C(/Nc1c(Br)cc(Br)c(C)c1Br)C(=O)OC. The zero-order chi connectivity index (χ0) is 16.2. The third-order valence-corrected chi connectivity index (χ3v) is 4.97. The molecule has 1 N–H and O–H groups in total. The van der Waals surface area contributed by atoms with E-state index in [-0.39, 0.29) is 5.70 Å². The molecule has 0 saturated heterocycles. The number of hydrogen-bond donors (Lipinski definition) is 1. The molecule has 0 aromatic heterocycles. The van der Waals surface area contributed by atoms with E-state index in [1.165, 1.54) is 14.2 Å². The number of nitrogens with one attached hydrogen (secondary N) is 1. The van der Waals surface area contributed by atoms with Gasteiger partial charge in [0, 0.05) is 13.4 Å². The van der Waals surface area contributed by atoms with Gasteiger partial charge in [0.2, 0.25) is 0 Å². The van der Waals surface area contributed by atoms with Gasteiger partial charge in [0.1, 0.15) is 5.70 Å². The van der Waals surface area contributed by atoms with E-state index in [1.54, 1.807) is 0 Å². The molecule has 5 nitrogen and oxygen atoms in total. The van der Waals surface area contributed by atoms with Crippen molar-refractivity contribution in [2.45, 2.75) is 6.92 Å². The van der Waals surface area contributed by atoms with Crippen molar-refractivity contribution in [1.29, 1.82) is 0 Å². The Kier molecular flexibility index (Phi) is 6.89. The minimum absolute atomic E-state index is 0.0347. The molecule has 1 aromatic rings. The summed E-state index contributed by atoms with van der Waals surface area (Å²) < 4.78 is 11.5. The summed E-state index contributed by atoms with van der Waals surface area (Å²) >= 11 is 10.3. The van der Waals surface area contributed by atoms with Gasteiger partial charge in [0.25, 0.3) is 0 Å². The second-order valence-electron chi connectivity index (χ2n) is 3.85. The lowest BCUT2D eigenvalue weighted by atomic mass is 10.2. The van der Waals surface area contributed by atoms with Gasteiger partial charge in [-0.2, -0.15) is 0 Å². The molecule has 0 saturated carbocycles. The van der Waals surface area contributed by atoms with Crippen LogP contribution >= 0.6 is 47.8 Å². The summed E-state index contributed by atoms with van der Waals surface area (Å²) in [5.41, 5.74) is 1.49. The molecule has 0 radical (unpaired) electrons. The summed E-state index contributed by atoms with van der Waals surface area (Å²) in [5, 5.41) is 2.87. The highest BCUT2D eigenvalue weighted by Gasteiger charge is 2.17. The van der Waals surface area contributed by atoms with Gasteiger partial charge in [-0.1, -0.05) is 15.9 Å². The molecule has 0 aliphatic heterocycles. The summed E-state index contributed by atoms with van der Waals surface area (Å²) in [6.45, 7) is 1.90. The quantitative estimate of drug-likeness (QED) is 0.517. The molecule has 1 aromatic carbocycles. The largest absolute Gasteiger partial charge is 0.466 e. The predicted molar refractivity (Wildman–Crippen MR) is 90.0 cm³/mol. The standard InChI is InChI=1S/C13H12Br3NO4/c1-6-7(14)4-8(15)12(11(6)16)17-9(13(19)21-3)5-10(18)20-2/h4-5,17H,1-3H3/b9-5+. The van der Waals surface area contributed by atoms with Crippen LogP contribution in [-0.2, 0) is 19.1 Å². The number of rotatable bonds is 4. The lowest BCUT2D eigenvalue weighted by Gasteiger charge is -2.15. The predicted octanol–water partition coefficient (Wildman–Crippen LogP) is 3.92. The number of methoxy groups -OCH3 is 2.